The third kappa shape index (κ3) is 9.83. The maximum Gasteiger partial charge on any atom is 0.303 e. The Morgan fingerprint density at radius 3 is 2.18 bits per heavy atom. The SMILES string of the molecule is CC(=O)COC(C)=O.[CH]=C=C[C@H](C)N(C(=O)COC(C)=O)[C@@H]1CCN(C(=O)c2ccccc2)C1. The van der Waals surface area contributed by atoms with Gasteiger partial charge in [-0.1, -0.05) is 18.2 Å². The minimum Gasteiger partial charge on any atom is -0.458 e. The van der Waals surface area contributed by atoms with Crippen LogP contribution in [0.5, 0.6) is 0 Å². The van der Waals surface area contributed by atoms with Gasteiger partial charge in [0.05, 0.1) is 12.1 Å². The van der Waals surface area contributed by atoms with Gasteiger partial charge in [-0.25, -0.2) is 0 Å². The molecular formula is C25H31N2O7. The number of ketones is 1. The summed E-state index contributed by atoms with van der Waals surface area (Å²) in [6.45, 7) is 11.6. The smallest absolute Gasteiger partial charge is 0.303 e. The molecule has 9 nitrogen and oxygen atoms in total. The van der Waals surface area contributed by atoms with Crippen molar-refractivity contribution in [3.05, 3.63) is 54.3 Å². The highest BCUT2D eigenvalue weighted by Crippen LogP contribution is 2.21. The molecule has 34 heavy (non-hydrogen) atoms. The van der Waals surface area contributed by atoms with E-state index in [4.69, 9.17) is 11.3 Å². The zero-order chi connectivity index (χ0) is 25.7. The third-order valence-corrected chi connectivity index (χ3v) is 4.81. The molecule has 0 spiro atoms. The van der Waals surface area contributed by atoms with Crippen LogP contribution in [0.15, 0.2) is 42.1 Å². The van der Waals surface area contributed by atoms with Gasteiger partial charge in [0.25, 0.3) is 11.8 Å². The number of benzene rings is 1. The minimum atomic E-state index is -0.515. The molecule has 9 heteroatoms. The second-order valence-corrected chi connectivity index (χ2v) is 7.70. The van der Waals surface area contributed by atoms with E-state index >= 15 is 0 Å². The lowest BCUT2D eigenvalue weighted by Gasteiger charge is -2.32. The number of carbonyl (C=O) groups is 5. The van der Waals surface area contributed by atoms with Crippen molar-refractivity contribution >= 4 is 29.5 Å². The quantitative estimate of drug-likeness (QED) is 0.421. The molecule has 1 heterocycles. The number of likely N-dealkylation sites (tertiary alicyclic amines) is 1. The number of hydrogen-bond acceptors (Lipinski definition) is 7. The van der Waals surface area contributed by atoms with Crippen molar-refractivity contribution < 1.29 is 33.4 Å². The number of rotatable bonds is 8. The van der Waals surface area contributed by atoms with Crippen LogP contribution in [0.25, 0.3) is 0 Å². The Morgan fingerprint density at radius 2 is 1.68 bits per heavy atom. The summed E-state index contributed by atoms with van der Waals surface area (Å²) < 4.78 is 9.15. The summed E-state index contributed by atoms with van der Waals surface area (Å²) in [5.74, 6) is -1.45. The molecule has 1 fully saturated rings. The molecule has 183 valence electrons. The molecule has 2 atom stereocenters. The van der Waals surface area contributed by atoms with E-state index in [-0.39, 0.29) is 42.9 Å². The molecule has 1 saturated heterocycles. The molecule has 1 aliphatic heterocycles. The fraction of sp³-hybridized carbons (Fsp3) is 0.440. The number of amides is 2. The van der Waals surface area contributed by atoms with E-state index < -0.39 is 11.9 Å². The van der Waals surface area contributed by atoms with E-state index in [2.05, 4.69) is 10.5 Å². The van der Waals surface area contributed by atoms with E-state index in [1.807, 2.05) is 25.1 Å². The maximum atomic E-state index is 12.6. The third-order valence-electron chi connectivity index (χ3n) is 4.81. The summed E-state index contributed by atoms with van der Waals surface area (Å²) in [6, 6.07) is 8.54. The van der Waals surface area contributed by atoms with E-state index in [0.717, 1.165) is 0 Å². The van der Waals surface area contributed by atoms with Gasteiger partial charge in [-0.2, -0.15) is 0 Å². The summed E-state index contributed by atoms with van der Waals surface area (Å²) in [6.07, 6.45) is 2.22. The van der Waals surface area contributed by atoms with Crippen LogP contribution in [-0.2, 0) is 28.7 Å². The van der Waals surface area contributed by atoms with Crippen LogP contribution in [0.3, 0.4) is 0 Å². The number of carbonyl (C=O) groups excluding carboxylic acids is 5. The Kier molecular flexibility index (Phi) is 12.0. The summed E-state index contributed by atoms with van der Waals surface area (Å²) in [5.41, 5.74) is 3.06. The zero-order valence-corrected chi connectivity index (χ0v) is 20.0. The highest BCUT2D eigenvalue weighted by Gasteiger charge is 2.35. The monoisotopic (exact) mass is 471 g/mol. The Bertz CT molecular complexity index is 908. The first-order valence-electron chi connectivity index (χ1n) is 10.8. The predicted octanol–water partition coefficient (Wildman–Crippen LogP) is 1.96. The summed E-state index contributed by atoms with van der Waals surface area (Å²) in [5, 5.41) is 0. The van der Waals surface area contributed by atoms with Crippen LogP contribution in [0.4, 0.5) is 0 Å². The molecule has 0 unspecified atom stereocenters. The van der Waals surface area contributed by atoms with Crippen molar-refractivity contribution in [1.29, 1.82) is 0 Å². The predicted molar refractivity (Wildman–Crippen MR) is 123 cm³/mol. The molecular weight excluding hydrogens is 440 g/mol. The second kappa shape index (κ2) is 14.4. The van der Waals surface area contributed by atoms with Crippen LogP contribution in [0, 0.1) is 6.58 Å². The molecule has 0 N–H and O–H groups in total. The Hall–Kier alpha value is -3.71. The summed E-state index contributed by atoms with van der Waals surface area (Å²) in [4.78, 5) is 59.6. The normalized spacial score (nSPS) is 15.1. The molecule has 1 aliphatic rings. The highest BCUT2D eigenvalue weighted by molar-refractivity contribution is 5.94. The average molecular weight is 472 g/mol. The van der Waals surface area contributed by atoms with Gasteiger partial charge >= 0.3 is 11.9 Å². The zero-order valence-electron chi connectivity index (χ0n) is 20.0. The van der Waals surface area contributed by atoms with Gasteiger partial charge in [-0.3, -0.25) is 24.0 Å². The molecule has 1 aromatic carbocycles. The lowest BCUT2D eigenvalue weighted by atomic mass is 10.1. The number of hydrogen-bond donors (Lipinski definition) is 0. The van der Waals surface area contributed by atoms with E-state index in [1.54, 1.807) is 28.0 Å². The van der Waals surface area contributed by atoms with Crippen LogP contribution in [-0.4, -0.2) is 77.7 Å². The van der Waals surface area contributed by atoms with Gasteiger partial charge in [0.15, 0.2) is 12.4 Å². The molecule has 2 rings (SSSR count). The summed E-state index contributed by atoms with van der Waals surface area (Å²) >= 11 is 0. The van der Waals surface area contributed by atoms with E-state index in [0.29, 0.717) is 25.1 Å². The van der Waals surface area contributed by atoms with Gasteiger partial charge in [-0.05, 0) is 45.1 Å². The maximum absolute atomic E-state index is 12.6. The van der Waals surface area contributed by atoms with Crippen molar-refractivity contribution in [2.24, 2.45) is 0 Å². The fourth-order valence-corrected chi connectivity index (χ4v) is 3.34. The van der Waals surface area contributed by atoms with Gasteiger partial charge in [0, 0.05) is 32.5 Å². The standard InChI is InChI=1S/C20H23N2O4.C5H8O3/c1-4-8-15(2)22(19(24)14-26-16(3)23)18-11-12-21(13-18)20(25)17-9-6-5-7-10-17;1-4(6)3-8-5(2)7/h1,5-10,15,18H,11-14H2,2-3H3;3H2,1-2H3/t4?,15-,18+;/m0./s1. The first kappa shape index (κ1) is 28.3. The Morgan fingerprint density at radius 1 is 1.09 bits per heavy atom. The number of nitrogens with zero attached hydrogens (tertiary/aromatic N) is 2. The van der Waals surface area contributed by atoms with Crippen molar-refractivity contribution in [2.75, 3.05) is 26.3 Å². The van der Waals surface area contributed by atoms with Gasteiger partial charge in [0.2, 0.25) is 0 Å². The fourth-order valence-electron chi connectivity index (χ4n) is 3.34. The van der Waals surface area contributed by atoms with Crippen molar-refractivity contribution in [1.82, 2.24) is 9.80 Å². The second-order valence-electron chi connectivity index (χ2n) is 7.70. The lowest BCUT2D eigenvalue weighted by Crippen LogP contribution is -2.48. The largest absolute Gasteiger partial charge is 0.458 e. The average Bonchev–Trinajstić information content (AvgIpc) is 3.26. The van der Waals surface area contributed by atoms with Crippen molar-refractivity contribution in [3.63, 3.8) is 0 Å². The van der Waals surface area contributed by atoms with Crippen molar-refractivity contribution in [2.45, 2.75) is 46.2 Å². The summed E-state index contributed by atoms with van der Waals surface area (Å²) in [7, 11) is 0. The highest BCUT2D eigenvalue weighted by atomic mass is 16.5. The number of ether oxygens (including phenoxy) is 2. The topological polar surface area (TPSA) is 110 Å². The van der Waals surface area contributed by atoms with Crippen LogP contribution < -0.4 is 0 Å². The number of Topliss-reactive ketones (excluding diaryl/α,β-unsaturated/α-hetero) is 1. The Labute approximate surface area is 200 Å². The van der Waals surface area contributed by atoms with Crippen LogP contribution in [0.1, 0.15) is 44.5 Å². The lowest BCUT2D eigenvalue weighted by molar-refractivity contribution is -0.151. The molecule has 1 aromatic rings. The first-order chi connectivity index (χ1) is 16.1. The van der Waals surface area contributed by atoms with Gasteiger partial charge in [-0.15, -0.1) is 5.73 Å². The van der Waals surface area contributed by atoms with E-state index in [1.165, 1.54) is 20.8 Å². The molecule has 0 saturated carbocycles. The molecule has 0 bridgehead atoms. The molecule has 0 aliphatic carbocycles. The van der Waals surface area contributed by atoms with Crippen LogP contribution >= 0.6 is 0 Å². The Balaban J connectivity index is 0.000000620. The van der Waals surface area contributed by atoms with E-state index in [9.17, 15) is 24.0 Å². The minimum absolute atomic E-state index is 0.0610. The van der Waals surface area contributed by atoms with Crippen LogP contribution in [0.2, 0.25) is 0 Å². The molecule has 0 aromatic heterocycles. The van der Waals surface area contributed by atoms with Gasteiger partial charge in [0.1, 0.15) is 6.61 Å². The molecule has 1 radical (unpaired) electrons. The number of esters is 2. The van der Waals surface area contributed by atoms with Gasteiger partial charge < -0.3 is 19.3 Å². The van der Waals surface area contributed by atoms with Crippen molar-refractivity contribution in [3.8, 4) is 0 Å². The molecule has 2 amide bonds. The first-order valence-corrected chi connectivity index (χ1v) is 10.8.